The van der Waals surface area contributed by atoms with Gasteiger partial charge in [0.25, 0.3) is 0 Å². The van der Waals surface area contributed by atoms with Gasteiger partial charge in [0, 0.05) is 32.4 Å². The van der Waals surface area contributed by atoms with E-state index < -0.39 is 16.1 Å². The lowest BCUT2D eigenvalue weighted by molar-refractivity contribution is 0.188. The van der Waals surface area contributed by atoms with Crippen LogP contribution in [0.3, 0.4) is 0 Å². The molecule has 0 amide bonds. The van der Waals surface area contributed by atoms with Crippen LogP contribution in [0.1, 0.15) is 6.42 Å². The summed E-state index contributed by atoms with van der Waals surface area (Å²) >= 11 is 0. The Morgan fingerprint density at radius 2 is 2.24 bits per heavy atom. The maximum absolute atomic E-state index is 12.9. The smallest absolute Gasteiger partial charge is 0.247 e. The maximum atomic E-state index is 12.9. The van der Waals surface area contributed by atoms with Gasteiger partial charge in [-0.2, -0.15) is 4.31 Å². The fourth-order valence-electron chi connectivity index (χ4n) is 2.66. The Bertz CT molecular complexity index is 591. The van der Waals surface area contributed by atoms with Crippen LogP contribution >= 0.6 is 0 Å². The molecule has 2 heterocycles. The molecule has 1 aromatic heterocycles. The van der Waals surface area contributed by atoms with Crippen molar-refractivity contribution in [1.29, 1.82) is 0 Å². The molecule has 2 unspecified atom stereocenters. The van der Waals surface area contributed by atoms with Gasteiger partial charge in [0.05, 0.1) is 6.10 Å². The van der Waals surface area contributed by atoms with Crippen LogP contribution < -0.4 is 5.32 Å². The number of aliphatic hydroxyl groups is 1. The first-order valence-corrected chi connectivity index (χ1v) is 8.27. The highest BCUT2D eigenvalue weighted by Crippen LogP contribution is 2.29. The highest BCUT2D eigenvalue weighted by molar-refractivity contribution is 7.89. The second kappa shape index (κ2) is 6.27. The molecule has 0 spiro atoms. The molecule has 8 heteroatoms. The molecule has 2 N–H and O–H groups in total. The van der Waals surface area contributed by atoms with E-state index in [1.54, 1.807) is 19.3 Å². The van der Waals surface area contributed by atoms with Crippen LogP contribution in [0.15, 0.2) is 23.2 Å². The Balaban J connectivity index is 2.37. The van der Waals surface area contributed by atoms with Crippen molar-refractivity contribution in [3.8, 4) is 0 Å². The molecule has 2 atom stereocenters. The summed E-state index contributed by atoms with van der Waals surface area (Å²) in [7, 11) is 1.72. The van der Waals surface area contributed by atoms with E-state index in [1.807, 2.05) is 19.0 Å². The summed E-state index contributed by atoms with van der Waals surface area (Å²) in [4.78, 5) is 6.12. The lowest BCUT2D eigenvalue weighted by Gasteiger charge is -2.26. The van der Waals surface area contributed by atoms with Crippen LogP contribution in [0.4, 0.5) is 5.82 Å². The van der Waals surface area contributed by atoms with Gasteiger partial charge in [-0.15, -0.1) is 0 Å². The van der Waals surface area contributed by atoms with Crippen LogP contribution in [0.25, 0.3) is 0 Å². The Hall–Kier alpha value is -1.22. The summed E-state index contributed by atoms with van der Waals surface area (Å²) in [6.45, 7) is 0.699. The average molecular weight is 314 g/mol. The van der Waals surface area contributed by atoms with Crippen molar-refractivity contribution in [2.75, 3.05) is 39.5 Å². The normalized spacial score (nSPS) is 23.7. The zero-order valence-electron chi connectivity index (χ0n) is 12.5. The number of nitrogens with zero attached hydrogens (tertiary/aromatic N) is 3. The molecule has 0 aliphatic carbocycles. The Labute approximate surface area is 125 Å². The van der Waals surface area contributed by atoms with Gasteiger partial charge in [-0.05, 0) is 32.6 Å². The highest BCUT2D eigenvalue weighted by atomic mass is 32.2. The third kappa shape index (κ3) is 3.34. The first kappa shape index (κ1) is 16.2. The van der Waals surface area contributed by atoms with E-state index in [2.05, 4.69) is 10.3 Å². The first-order chi connectivity index (χ1) is 9.86. The minimum atomic E-state index is -3.69. The van der Waals surface area contributed by atoms with E-state index in [4.69, 9.17) is 0 Å². The summed E-state index contributed by atoms with van der Waals surface area (Å²) in [5, 5.41) is 12.7. The molecule has 1 saturated heterocycles. The summed E-state index contributed by atoms with van der Waals surface area (Å²) in [5.74, 6) is 0.322. The molecular weight excluding hydrogens is 292 g/mol. The molecule has 0 bridgehead atoms. The molecule has 0 radical (unpaired) electrons. The number of nitrogens with one attached hydrogen (secondary N) is 1. The van der Waals surface area contributed by atoms with E-state index >= 15 is 0 Å². The number of β-amino-alcohol motifs (C(OH)–C–C–N with tert-alkyl or cyclic N) is 1. The van der Waals surface area contributed by atoms with E-state index in [0.29, 0.717) is 18.8 Å². The lowest BCUT2D eigenvalue weighted by Crippen LogP contribution is -2.41. The third-order valence-electron chi connectivity index (χ3n) is 3.51. The summed E-state index contributed by atoms with van der Waals surface area (Å²) in [6, 6.07) is 2.90. The molecule has 1 aromatic rings. The van der Waals surface area contributed by atoms with Crippen LogP contribution in [0, 0.1) is 0 Å². The Morgan fingerprint density at radius 3 is 2.86 bits per heavy atom. The topological polar surface area (TPSA) is 85.8 Å². The van der Waals surface area contributed by atoms with Crippen LogP contribution in [-0.2, 0) is 10.0 Å². The molecule has 1 fully saturated rings. The fourth-order valence-corrected chi connectivity index (χ4v) is 4.47. The van der Waals surface area contributed by atoms with Crippen molar-refractivity contribution in [3.05, 3.63) is 18.3 Å². The van der Waals surface area contributed by atoms with E-state index in [1.165, 1.54) is 10.4 Å². The van der Waals surface area contributed by atoms with Gasteiger partial charge >= 0.3 is 0 Å². The summed E-state index contributed by atoms with van der Waals surface area (Å²) in [5.41, 5.74) is 0. The van der Waals surface area contributed by atoms with E-state index in [9.17, 15) is 13.5 Å². The summed E-state index contributed by atoms with van der Waals surface area (Å²) < 4.78 is 27.1. The number of rotatable bonds is 5. The van der Waals surface area contributed by atoms with Crippen molar-refractivity contribution in [2.24, 2.45) is 0 Å². The lowest BCUT2D eigenvalue weighted by atomic mass is 10.2. The predicted molar refractivity (Wildman–Crippen MR) is 80.6 cm³/mol. The van der Waals surface area contributed by atoms with Gasteiger partial charge in [-0.1, -0.05) is 0 Å². The van der Waals surface area contributed by atoms with Crippen molar-refractivity contribution in [1.82, 2.24) is 14.2 Å². The fraction of sp³-hybridized carbons (Fsp3) is 0.615. The van der Waals surface area contributed by atoms with Gasteiger partial charge in [-0.3, -0.25) is 0 Å². The molecule has 0 saturated carbocycles. The predicted octanol–water partition coefficient (Wildman–Crippen LogP) is -0.191. The van der Waals surface area contributed by atoms with Crippen molar-refractivity contribution in [2.45, 2.75) is 23.5 Å². The molecule has 1 aliphatic heterocycles. The number of hydrogen-bond donors (Lipinski definition) is 2. The maximum Gasteiger partial charge on any atom is 0.247 e. The monoisotopic (exact) mass is 314 g/mol. The van der Waals surface area contributed by atoms with Gasteiger partial charge < -0.3 is 15.3 Å². The van der Waals surface area contributed by atoms with Crippen LogP contribution in [-0.4, -0.2) is 74.1 Å². The van der Waals surface area contributed by atoms with Crippen molar-refractivity contribution in [3.63, 3.8) is 0 Å². The number of aliphatic hydroxyl groups excluding tert-OH is 1. The highest BCUT2D eigenvalue weighted by Gasteiger charge is 2.40. The van der Waals surface area contributed by atoms with Gasteiger partial charge in [0.1, 0.15) is 10.7 Å². The zero-order chi connectivity index (χ0) is 15.6. The average Bonchev–Trinajstić information content (AvgIpc) is 2.79. The second-order valence-electron chi connectivity index (χ2n) is 5.48. The quantitative estimate of drug-likeness (QED) is 0.783. The minimum Gasteiger partial charge on any atom is -0.392 e. The van der Waals surface area contributed by atoms with E-state index in [-0.39, 0.29) is 17.5 Å². The largest absolute Gasteiger partial charge is 0.392 e. The number of sulfonamides is 1. The molecule has 7 nitrogen and oxygen atoms in total. The van der Waals surface area contributed by atoms with Crippen molar-refractivity contribution < 1.29 is 13.5 Å². The van der Waals surface area contributed by atoms with Gasteiger partial charge in [0.15, 0.2) is 0 Å². The molecule has 0 aromatic carbocycles. The SMILES string of the molecule is CNc1ncccc1S(=O)(=O)N1CC(O)CC1CN(C)C. The molecular formula is C13H22N4O3S. The Morgan fingerprint density at radius 1 is 1.52 bits per heavy atom. The molecule has 2 rings (SSSR count). The van der Waals surface area contributed by atoms with Crippen molar-refractivity contribution >= 4 is 15.8 Å². The zero-order valence-corrected chi connectivity index (χ0v) is 13.3. The van der Waals surface area contributed by atoms with Gasteiger partial charge in [-0.25, -0.2) is 13.4 Å². The van der Waals surface area contributed by atoms with Crippen LogP contribution in [0.2, 0.25) is 0 Å². The molecule has 118 valence electrons. The molecule has 21 heavy (non-hydrogen) atoms. The van der Waals surface area contributed by atoms with Gasteiger partial charge in [0.2, 0.25) is 10.0 Å². The number of anilines is 1. The first-order valence-electron chi connectivity index (χ1n) is 6.83. The van der Waals surface area contributed by atoms with Crippen LogP contribution in [0.5, 0.6) is 0 Å². The third-order valence-corrected chi connectivity index (χ3v) is 5.46. The number of likely N-dealkylation sites (N-methyl/N-ethyl adjacent to an activating group) is 1. The summed E-state index contributed by atoms with van der Waals surface area (Å²) in [6.07, 6.45) is 1.37. The van der Waals surface area contributed by atoms with E-state index in [0.717, 1.165) is 0 Å². The number of aromatic nitrogens is 1. The standard InChI is InChI=1S/C13H22N4O3S/c1-14-13-12(5-4-6-15-13)21(19,20)17-9-11(18)7-10(17)8-16(2)3/h4-6,10-11,18H,7-9H2,1-3H3,(H,14,15). The second-order valence-corrected chi connectivity index (χ2v) is 7.34. The Kier molecular flexibility index (Phi) is 4.82. The number of pyridine rings is 1. The minimum absolute atomic E-state index is 0.124. The molecule has 1 aliphatic rings. The number of hydrogen-bond acceptors (Lipinski definition) is 6.